The molecule has 0 aromatic heterocycles. The lowest BCUT2D eigenvalue weighted by Gasteiger charge is -2.18. The van der Waals surface area contributed by atoms with E-state index in [9.17, 15) is 14.4 Å². The molecular weight excluding hydrogens is 949 g/mol. The van der Waals surface area contributed by atoms with Crippen LogP contribution in [0.4, 0.5) is 0 Å². The molecule has 0 amide bonds. The zero-order valence-corrected chi connectivity index (χ0v) is 52.3. The average molecular weight is 1080 g/mol. The van der Waals surface area contributed by atoms with Crippen molar-refractivity contribution >= 4 is 17.9 Å². The Balaban J connectivity index is 4.28. The summed E-state index contributed by atoms with van der Waals surface area (Å²) in [4.78, 5) is 38.4. The molecule has 0 rings (SSSR count). The molecule has 0 fully saturated rings. The highest BCUT2D eigenvalue weighted by atomic mass is 16.6. The van der Waals surface area contributed by atoms with Crippen LogP contribution in [0, 0.1) is 0 Å². The van der Waals surface area contributed by atoms with E-state index in [0.717, 1.165) is 57.8 Å². The Morgan fingerprint density at radius 1 is 0.247 bits per heavy atom. The van der Waals surface area contributed by atoms with Gasteiger partial charge < -0.3 is 14.2 Å². The van der Waals surface area contributed by atoms with E-state index in [0.29, 0.717) is 19.3 Å². The Bertz CT molecular complexity index is 1240. The number of carbonyl (C=O) groups is 3. The summed E-state index contributed by atoms with van der Waals surface area (Å²) in [6.07, 6.45) is 80.5. The van der Waals surface area contributed by atoms with Crippen molar-refractivity contribution in [2.45, 2.75) is 399 Å². The molecule has 0 saturated carbocycles. The van der Waals surface area contributed by atoms with Gasteiger partial charge in [-0.2, -0.15) is 0 Å². The predicted octanol–water partition coefficient (Wildman–Crippen LogP) is 23.8. The maximum Gasteiger partial charge on any atom is 0.306 e. The maximum absolute atomic E-state index is 12.9. The molecule has 0 aliphatic carbocycles. The Hall–Kier alpha value is -2.11. The van der Waals surface area contributed by atoms with Gasteiger partial charge in [-0.15, -0.1) is 0 Å². The van der Waals surface area contributed by atoms with Gasteiger partial charge in [0, 0.05) is 19.3 Å². The number of unbranched alkanes of at least 4 members (excludes halogenated alkanes) is 50. The third kappa shape index (κ3) is 64.6. The summed E-state index contributed by atoms with van der Waals surface area (Å²) < 4.78 is 17.0. The Morgan fingerprint density at radius 2 is 0.429 bits per heavy atom. The Morgan fingerprint density at radius 3 is 0.649 bits per heavy atom. The van der Waals surface area contributed by atoms with Crippen LogP contribution in [-0.2, 0) is 28.6 Å². The second-order valence-corrected chi connectivity index (χ2v) is 23.8. The van der Waals surface area contributed by atoms with E-state index in [1.165, 1.54) is 295 Å². The molecule has 0 N–H and O–H groups in total. The number of ether oxygens (including phenoxy) is 3. The smallest absolute Gasteiger partial charge is 0.306 e. The van der Waals surface area contributed by atoms with Crippen LogP contribution < -0.4 is 0 Å². The second kappa shape index (κ2) is 66.4. The van der Waals surface area contributed by atoms with Gasteiger partial charge in [-0.05, 0) is 70.6 Å². The molecule has 0 aromatic carbocycles. The molecule has 0 bridgehead atoms. The number of esters is 3. The van der Waals surface area contributed by atoms with Gasteiger partial charge in [-0.25, -0.2) is 0 Å². The van der Waals surface area contributed by atoms with E-state index >= 15 is 0 Å². The summed E-state index contributed by atoms with van der Waals surface area (Å²) in [5, 5.41) is 0. The highest BCUT2D eigenvalue weighted by Crippen LogP contribution is 2.18. The molecule has 6 nitrogen and oxygen atoms in total. The molecule has 0 aliphatic heterocycles. The van der Waals surface area contributed by atoms with E-state index in [-0.39, 0.29) is 31.1 Å². The van der Waals surface area contributed by atoms with Crippen LogP contribution in [-0.4, -0.2) is 37.2 Å². The largest absolute Gasteiger partial charge is 0.462 e. The fourth-order valence-electron chi connectivity index (χ4n) is 10.7. The van der Waals surface area contributed by atoms with Gasteiger partial charge >= 0.3 is 17.9 Å². The number of carbonyl (C=O) groups excluding carboxylic acids is 3. The van der Waals surface area contributed by atoms with Crippen molar-refractivity contribution < 1.29 is 28.6 Å². The first-order valence-electron chi connectivity index (χ1n) is 34.8. The summed E-state index contributed by atoms with van der Waals surface area (Å²) in [7, 11) is 0. The van der Waals surface area contributed by atoms with Gasteiger partial charge in [0.2, 0.25) is 0 Å². The minimum Gasteiger partial charge on any atom is -0.462 e. The molecule has 1 atom stereocenters. The molecule has 0 aliphatic rings. The molecule has 77 heavy (non-hydrogen) atoms. The van der Waals surface area contributed by atoms with Crippen LogP contribution in [0.25, 0.3) is 0 Å². The maximum atomic E-state index is 12.9. The summed E-state index contributed by atoms with van der Waals surface area (Å²) >= 11 is 0. The molecular formula is C71H134O6. The topological polar surface area (TPSA) is 78.9 Å². The second-order valence-electron chi connectivity index (χ2n) is 23.8. The van der Waals surface area contributed by atoms with Crippen LogP contribution in [0.1, 0.15) is 393 Å². The van der Waals surface area contributed by atoms with E-state index in [1.54, 1.807) is 0 Å². The van der Waals surface area contributed by atoms with Crippen LogP contribution in [0.2, 0.25) is 0 Å². The summed E-state index contributed by atoms with van der Waals surface area (Å²) in [6.45, 7) is 6.72. The molecule has 0 spiro atoms. The lowest BCUT2D eigenvalue weighted by molar-refractivity contribution is -0.167. The molecule has 0 saturated heterocycles. The lowest BCUT2D eigenvalue weighted by atomic mass is 10.0. The van der Waals surface area contributed by atoms with Crippen LogP contribution in [0.5, 0.6) is 0 Å². The first kappa shape index (κ1) is 74.9. The number of rotatable bonds is 65. The van der Waals surface area contributed by atoms with Crippen molar-refractivity contribution in [2.75, 3.05) is 13.2 Å². The van der Waals surface area contributed by atoms with E-state index in [4.69, 9.17) is 14.2 Å². The standard InChI is InChI=1S/C71H134O6/c1-4-7-10-13-16-19-22-25-28-30-32-34-35-37-38-40-43-46-49-52-55-58-61-64-70(73)76-67-68(66-75-69(72)63-60-57-54-51-48-45-42-27-24-21-18-15-12-9-6-3)77-71(74)65-62-59-56-53-50-47-44-41-39-36-33-31-29-26-23-20-17-14-11-8-5-2/h30-33,68H,4-29,34-67H2,1-3H3/b32-30-,33-31-. The number of hydrogen-bond acceptors (Lipinski definition) is 6. The molecule has 0 heterocycles. The quantitative estimate of drug-likeness (QED) is 0.0261. The highest BCUT2D eigenvalue weighted by Gasteiger charge is 2.19. The third-order valence-corrected chi connectivity index (χ3v) is 15.9. The van der Waals surface area contributed by atoms with Gasteiger partial charge in [-0.1, -0.05) is 328 Å². The van der Waals surface area contributed by atoms with Crippen LogP contribution in [0.3, 0.4) is 0 Å². The van der Waals surface area contributed by atoms with Crippen molar-refractivity contribution in [1.29, 1.82) is 0 Å². The highest BCUT2D eigenvalue weighted by molar-refractivity contribution is 5.71. The van der Waals surface area contributed by atoms with Gasteiger partial charge in [0.05, 0.1) is 0 Å². The monoisotopic (exact) mass is 1080 g/mol. The van der Waals surface area contributed by atoms with Crippen molar-refractivity contribution in [3.05, 3.63) is 24.3 Å². The van der Waals surface area contributed by atoms with Gasteiger partial charge in [0.1, 0.15) is 13.2 Å². The molecule has 6 heteroatoms. The van der Waals surface area contributed by atoms with Crippen LogP contribution in [0.15, 0.2) is 24.3 Å². The molecule has 454 valence electrons. The third-order valence-electron chi connectivity index (χ3n) is 15.9. The first-order chi connectivity index (χ1) is 38.0. The lowest BCUT2D eigenvalue weighted by Crippen LogP contribution is -2.30. The van der Waals surface area contributed by atoms with Gasteiger partial charge in [0.25, 0.3) is 0 Å². The van der Waals surface area contributed by atoms with E-state index in [2.05, 4.69) is 45.1 Å². The Labute approximate surface area is 481 Å². The van der Waals surface area contributed by atoms with Crippen LogP contribution >= 0.6 is 0 Å². The molecule has 0 aromatic rings. The summed E-state index contributed by atoms with van der Waals surface area (Å²) in [5.41, 5.74) is 0. The predicted molar refractivity (Wildman–Crippen MR) is 335 cm³/mol. The molecule has 0 radical (unpaired) electrons. The fourth-order valence-corrected chi connectivity index (χ4v) is 10.7. The average Bonchev–Trinajstić information content (AvgIpc) is 3.43. The van der Waals surface area contributed by atoms with Gasteiger partial charge in [0.15, 0.2) is 6.10 Å². The van der Waals surface area contributed by atoms with Crippen molar-refractivity contribution in [3.63, 3.8) is 0 Å². The van der Waals surface area contributed by atoms with E-state index in [1.807, 2.05) is 0 Å². The van der Waals surface area contributed by atoms with Crippen molar-refractivity contribution in [3.8, 4) is 0 Å². The molecule has 1 unspecified atom stereocenters. The summed E-state index contributed by atoms with van der Waals surface area (Å²) in [6, 6.07) is 0. The minimum absolute atomic E-state index is 0.0665. The normalized spacial score (nSPS) is 12.1. The van der Waals surface area contributed by atoms with Crippen molar-refractivity contribution in [2.24, 2.45) is 0 Å². The first-order valence-corrected chi connectivity index (χ1v) is 34.8. The number of hydrogen-bond donors (Lipinski definition) is 0. The SMILES string of the molecule is CCCCCCCCCC/C=C\CCCCCCCCCCCCCC(=O)OCC(COC(=O)CCCCCCCCCCCCCCCCC)OC(=O)CCCCCCCCCCC/C=C\CCCCCCCCCC. The minimum atomic E-state index is -0.770. The van der Waals surface area contributed by atoms with Crippen molar-refractivity contribution in [1.82, 2.24) is 0 Å². The number of allylic oxidation sites excluding steroid dienone is 4. The zero-order chi connectivity index (χ0) is 55.7. The zero-order valence-electron chi connectivity index (χ0n) is 52.3. The van der Waals surface area contributed by atoms with Gasteiger partial charge in [-0.3, -0.25) is 14.4 Å². The van der Waals surface area contributed by atoms with E-state index < -0.39 is 6.10 Å². The summed E-state index contributed by atoms with van der Waals surface area (Å²) in [5.74, 6) is -0.838. The fraction of sp³-hybridized carbons (Fsp3) is 0.901. The Kier molecular flexibility index (Phi) is 64.6.